The van der Waals surface area contributed by atoms with E-state index in [2.05, 4.69) is 27.9 Å². The summed E-state index contributed by atoms with van der Waals surface area (Å²) in [7, 11) is 0. The fourth-order valence-electron chi connectivity index (χ4n) is 4.18. The Kier molecular flexibility index (Phi) is 4.83. The molecule has 0 unspecified atom stereocenters. The maximum absolute atomic E-state index is 13.2. The van der Waals surface area contributed by atoms with Crippen LogP contribution >= 0.6 is 0 Å². The van der Waals surface area contributed by atoms with Crippen molar-refractivity contribution in [3.63, 3.8) is 0 Å². The molecule has 4 N–H and O–H groups in total. The van der Waals surface area contributed by atoms with Gasteiger partial charge < -0.3 is 20.9 Å². The standard InChI is InChI=1S/C20H26N6O/c21-20(22)23-10-4-8-15-13-26-17(12-14-6-2-1-3-7-14)19(27)25-11-5-9-16(25)18(26)24-15/h1-3,6-7,13,16-17H,4-5,8-12H2,(H4,21,22,23)/t16-,17-/m1/s1. The second-order valence-electron chi connectivity index (χ2n) is 7.30. The van der Waals surface area contributed by atoms with E-state index in [1.54, 1.807) is 0 Å². The smallest absolute Gasteiger partial charge is 0.246 e. The summed E-state index contributed by atoms with van der Waals surface area (Å²) < 4.78 is 2.12. The van der Waals surface area contributed by atoms with Gasteiger partial charge in [0.1, 0.15) is 11.9 Å². The minimum absolute atomic E-state index is 0.120. The number of benzene rings is 1. The van der Waals surface area contributed by atoms with E-state index in [1.165, 1.54) is 5.56 Å². The molecular weight excluding hydrogens is 340 g/mol. The normalized spacial score (nSPS) is 21.0. The van der Waals surface area contributed by atoms with Gasteiger partial charge in [0.25, 0.3) is 0 Å². The molecule has 1 aromatic carbocycles. The lowest BCUT2D eigenvalue weighted by Gasteiger charge is -2.35. The molecule has 2 aliphatic heterocycles. The van der Waals surface area contributed by atoms with E-state index in [0.29, 0.717) is 13.0 Å². The zero-order valence-corrected chi connectivity index (χ0v) is 15.4. The molecule has 1 saturated heterocycles. The van der Waals surface area contributed by atoms with Crippen LogP contribution < -0.4 is 11.5 Å². The van der Waals surface area contributed by atoms with Crippen molar-refractivity contribution < 1.29 is 4.79 Å². The summed E-state index contributed by atoms with van der Waals surface area (Å²) in [6.07, 6.45) is 6.43. The topological polar surface area (TPSA) is 103 Å². The lowest BCUT2D eigenvalue weighted by Crippen LogP contribution is -2.43. The van der Waals surface area contributed by atoms with Crippen LogP contribution in [0.1, 0.15) is 48.4 Å². The van der Waals surface area contributed by atoms with E-state index in [-0.39, 0.29) is 24.0 Å². The van der Waals surface area contributed by atoms with E-state index in [4.69, 9.17) is 16.5 Å². The van der Waals surface area contributed by atoms with Gasteiger partial charge >= 0.3 is 0 Å². The fraction of sp³-hybridized carbons (Fsp3) is 0.450. The molecule has 7 heteroatoms. The number of carbonyl (C=O) groups is 1. The molecule has 0 bridgehead atoms. The van der Waals surface area contributed by atoms with E-state index in [9.17, 15) is 4.79 Å². The van der Waals surface area contributed by atoms with Crippen molar-refractivity contribution in [3.05, 3.63) is 53.6 Å². The van der Waals surface area contributed by atoms with Crippen LogP contribution in [-0.4, -0.2) is 39.4 Å². The largest absolute Gasteiger partial charge is 0.370 e. The molecule has 1 fully saturated rings. The molecule has 1 amide bonds. The number of aromatic nitrogens is 2. The maximum atomic E-state index is 13.2. The Morgan fingerprint density at radius 1 is 1.26 bits per heavy atom. The quantitative estimate of drug-likeness (QED) is 0.460. The summed E-state index contributed by atoms with van der Waals surface area (Å²) in [6.45, 7) is 1.42. The molecule has 0 radical (unpaired) electrons. The zero-order valence-electron chi connectivity index (χ0n) is 15.4. The van der Waals surface area contributed by atoms with Crippen LogP contribution in [0.15, 0.2) is 41.5 Å². The molecule has 7 nitrogen and oxygen atoms in total. The lowest BCUT2D eigenvalue weighted by atomic mass is 10.0. The Bertz CT molecular complexity index is 839. The summed E-state index contributed by atoms with van der Waals surface area (Å²) in [5, 5.41) is 0. The predicted molar refractivity (Wildman–Crippen MR) is 104 cm³/mol. The molecule has 4 rings (SSSR count). The van der Waals surface area contributed by atoms with Gasteiger partial charge in [-0.05, 0) is 31.2 Å². The lowest BCUT2D eigenvalue weighted by molar-refractivity contribution is -0.138. The molecule has 142 valence electrons. The number of nitrogens with two attached hydrogens (primary N) is 2. The molecule has 3 heterocycles. The minimum atomic E-state index is -0.212. The maximum Gasteiger partial charge on any atom is 0.246 e. The third kappa shape index (κ3) is 3.54. The molecule has 0 aliphatic carbocycles. The number of hydrogen-bond donors (Lipinski definition) is 2. The van der Waals surface area contributed by atoms with Gasteiger partial charge in [0.2, 0.25) is 5.91 Å². The van der Waals surface area contributed by atoms with Crippen molar-refractivity contribution in [2.24, 2.45) is 16.5 Å². The number of fused-ring (bicyclic) bond motifs is 3. The molecule has 2 aromatic rings. The molecule has 0 spiro atoms. The van der Waals surface area contributed by atoms with Gasteiger partial charge in [0.05, 0.1) is 11.7 Å². The van der Waals surface area contributed by atoms with Crippen molar-refractivity contribution in [3.8, 4) is 0 Å². The van der Waals surface area contributed by atoms with Crippen molar-refractivity contribution in [2.45, 2.75) is 44.2 Å². The highest BCUT2D eigenvalue weighted by molar-refractivity contribution is 5.82. The third-order valence-electron chi connectivity index (χ3n) is 5.42. The SMILES string of the molecule is NC(N)=NCCCc1cn2c(n1)[C@H]1CCCN1C(=O)[C@H]2Cc1ccccc1. The van der Waals surface area contributed by atoms with Crippen LogP contribution in [0.25, 0.3) is 0 Å². The first kappa shape index (κ1) is 17.6. The Hall–Kier alpha value is -2.83. The van der Waals surface area contributed by atoms with E-state index >= 15 is 0 Å². The van der Waals surface area contributed by atoms with Crippen molar-refractivity contribution in [1.82, 2.24) is 14.5 Å². The molecule has 27 heavy (non-hydrogen) atoms. The first-order valence-electron chi connectivity index (χ1n) is 9.61. The van der Waals surface area contributed by atoms with Gasteiger partial charge in [-0.3, -0.25) is 9.79 Å². The van der Waals surface area contributed by atoms with Crippen LogP contribution in [0.4, 0.5) is 0 Å². The number of guanidine groups is 1. The zero-order chi connectivity index (χ0) is 18.8. The van der Waals surface area contributed by atoms with Crippen molar-refractivity contribution >= 4 is 11.9 Å². The highest BCUT2D eigenvalue weighted by Gasteiger charge is 2.42. The first-order chi connectivity index (χ1) is 13.1. The van der Waals surface area contributed by atoms with E-state index in [1.807, 2.05) is 23.1 Å². The Morgan fingerprint density at radius 2 is 2.07 bits per heavy atom. The highest BCUT2D eigenvalue weighted by Crippen LogP contribution is 2.39. The number of aliphatic imine (C=N–C) groups is 1. The number of imidazole rings is 1. The molecular formula is C20H26N6O. The van der Waals surface area contributed by atoms with Gasteiger partial charge in [-0.15, -0.1) is 0 Å². The fourth-order valence-corrected chi connectivity index (χ4v) is 4.18. The van der Waals surface area contributed by atoms with Gasteiger partial charge in [-0.2, -0.15) is 0 Å². The number of amides is 1. The molecule has 0 saturated carbocycles. The van der Waals surface area contributed by atoms with Gasteiger partial charge in [-0.25, -0.2) is 4.98 Å². The second kappa shape index (κ2) is 7.42. The summed E-state index contributed by atoms with van der Waals surface area (Å²) in [6, 6.07) is 10.1. The number of rotatable bonds is 6. The number of aryl methyl sites for hydroxylation is 1. The number of nitrogens with zero attached hydrogens (tertiary/aromatic N) is 4. The van der Waals surface area contributed by atoms with Crippen molar-refractivity contribution in [2.75, 3.05) is 13.1 Å². The second-order valence-corrected chi connectivity index (χ2v) is 7.30. The summed E-state index contributed by atoms with van der Waals surface area (Å²) >= 11 is 0. The first-order valence-corrected chi connectivity index (χ1v) is 9.61. The summed E-state index contributed by atoms with van der Waals surface area (Å²) in [5.41, 5.74) is 12.9. The average molecular weight is 366 g/mol. The summed E-state index contributed by atoms with van der Waals surface area (Å²) in [5.74, 6) is 1.37. The Morgan fingerprint density at radius 3 is 2.85 bits per heavy atom. The highest BCUT2D eigenvalue weighted by atomic mass is 16.2. The number of carbonyl (C=O) groups excluding carboxylic acids is 1. The molecule has 2 atom stereocenters. The van der Waals surface area contributed by atoms with Crippen LogP contribution in [0, 0.1) is 0 Å². The molecule has 2 aliphatic rings. The Labute approximate surface area is 159 Å². The van der Waals surface area contributed by atoms with Crippen molar-refractivity contribution in [1.29, 1.82) is 0 Å². The van der Waals surface area contributed by atoms with Crippen LogP contribution in [-0.2, 0) is 17.6 Å². The van der Waals surface area contributed by atoms with Crippen LogP contribution in [0.5, 0.6) is 0 Å². The molecule has 1 aromatic heterocycles. The van der Waals surface area contributed by atoms with Crippen LogP contribution in [0.2, 0.25) is 0 Å². The van der Waals surface area contributed by atoms with E-state index in [0.717, 1.165) is 43.7 Å². The van der Waals surface area contributed by atoms with Gasteiger partial charge in [0, 0.05) is 25.7 Å². The van der Waals surface area contributed by atoms with Gasteiger partial charge in [0.15, 0.2) is 5.96 Å². The number of hydrogen-bond acceptors (Lipinski definition) is 3. The average Bonchev–Trinajstić information content (AvgIpc) is 3.30. The minimum Gasteiger partial charge on any atom is -0.370 e. The van der Waals surface area contributed by atoms with Crippen LogP contribution in [0.3, 0.4) is 0 Å². The summed E-state index contributed by atoms with van der Waals surface area (Å²) in [4.78, 5) is 24.1. The predicted octanol–water partition coefficient (Wildman–Crippen LogP) is 1.55. The monoisotopic (exact) mass is 366 g/mol. The Balaban J connectivity index is 1.59. The van der Waals surface area contributed by atoms with E-state index < -0.39 is 0 Å². The third-order valence-corrected chi connectivity index (χ3v) is 5.42. The van der Waals surface area contributed by atoms with Gasteiger partial charge in [-0.1, -0.05) is 30.3 Å².